The fourth-order valence-electron chi connectivity index (χ4n) is 2.43. The summed E-state index contributed by atoms with van der Waals surface area (Å²) < 4.78 is 7.88. The van der Waals surface area contributed by atoms with Crippen LogP contribution in [0.4, 0.5) is 0 Å². The second-order valence-electron chi connectivity index (χ2n) is 5.93. The Labute approximate surface area is 157 Å². The van der Waals surface area contributed by atoms with Gasteiger partial charge in [0.25, 0.3) is 0 Å². The van der Waals surface area contributed by atoms with Gasteiger partial charge in [-0.3, -0.25) is 0 Å². The molecule has 0 aliphatic heterocycles. The maximum atomic E-state index is 5.92. The molecule has 25 heavy (non-hydrogen) atoms. The Morgan fingerprint density at radius 3 is 2.56 bits per heavy atom. The third kappa shape index (κ3) is 4.55. The molecule has 0 bridgehead atoms. The average Bonchev–Trinajstić information content (AvgIpc) is 2.94. The van der Waals surface area contributed by atoms with Gasteiger partial charge >= 0.3 is 0 Å². The van der Waals surface area contributed by atoms with Crippen molar-refractivity contribution in [3.8, 4) is 5.75 Å². The highest BCUT2D eigenvalue weighted by Gasteiger charge is 2.11. The smallest absolute Gasteiger partial charge is 0.191 e. The summed E-state index contributed by atoms with van der Waals surface area (Å²) in [6.07, 6.45) is 0. The van der Waals surface area contributed by atoms with Crippen LogP contribution in [0.1, 0.15) is 22.5 Å². The predicted octanol–water partition coefficient (Wildman–Crippen LogP) is 4.96. The van der Waals surface area contributed by atoms with Crippen molar-refractivity contribution in [3.05, 3.63) is 70.0 Å². The number of nitrogens with zero attached hydrogens (tertiary/aromatic N) is 3. The number of ether oxygens (including phenoxy) is 1. The van der Waals surface area contributed by atoms with Gasteiger partial charge in [0.15, 0.2) is 11.0 Å². The Bertz CT molecular complexity index is 862. The molecular formula is C19H20ClN3OS. The van der Waals surface area contributed by atoms with Crippen molar-refractivity contribution in [2.24, 2.45) is 7.05 Å². The van der Waals surface area contributed by atoms with Gasteiger partial charge in [0.2, 0.25) is 0 Å². The molecule has 4 nitrogen and oxygen atoms in total. The summed E-state index contributed by atoms with van der Waals surface area (Å²) in [5.41, 5.74) is 3.55. The van der Waals surface area contributed by atoms with Crippen LogP contribution in [0, 0.1) is 13.8 Å². The fourth-order valence-corrected chi connectivity index (χ4v) is 3.44. The van der Waals surface area contributed by atoms with E-state index in [0.717, 1.165) is 33.1 Å². The summed E-state index contributed by atoms with van der Waals surface area (Å²) in [6.45, 7) is 4.52. The molecule has 0 fully saturated rings. The molecule has 1 aromatic heterocycles. The van der Waals surface area contributed by atoms with Crippen molar-refractivity contribution < 1.29 is 4.74 Å². The summed E-state index contributed by atoms with van der Waals surface area (Å²) in [6, 6.07) is 14.0. The van der Waals surface area contributed by atoms with E-state index in [4.69, 9.17) is 16.3 Å². The molecule has 0 aliphatic carbocycles. The van der Waals surface area contributed by atoms with E-state index in [-0.39, 0.29) is 0 Å². The topological polar surface area (TPSA) is 39.9 Å². The molecule has 0 unspecified atom stereocenters. The van der Waals surface area contributed by atoms with Crippen LogP contribution in [-0.2, 0) is 19.4 Å². The number of benzene rings is 2. The van der Waals surface area contributed by atoms with E-state index in [1.165, 1.54) is 11.1 Å². The van der Waals surface area contributed by atoms with Gasteiger partial charge in [-0.25, -0.2) is 0 Å². The molecule has 3 aromatic rings. The zero-order chi connectivity index (χ0) is 17.8. The molecule has 130 valence electrons. The number of aromatic nitrogens is 3. The van der Waals surface area contributed by atoms with Crippen LogP contribution >= 0.6 is 23.4 Å². The highest BCUT2D eigenvalue weighted by Crippen LogP contribution is 2.23. The van der Waals surface area contributed by atoms with Crippen LogP contribution in [0.25, 0.3) is 0 Å². The zero-order valence-electron chi connectivity index (χ0n) is 14.5. The number of rotatable bonds is 6. The molecule has 0 radical (unpaired) electrons. The summed E-state index contributed by atoms with van der Waals surface area (Å²) in [4.78, 5) is 0. The van der Waals surface area contributed by atoms with Gasteiger partial charge in [-0.05, 0) is 43.2 Å². The van der Waals surface area contributed by atoms with E-state index in [1.54, 1.807) is 11.8 Å². The van der Waals surface area contributed by atoms with Crippen molar-refractivity contribution in [2.45, 2.75) is 31.4 Å². The summed E-state index contributed by atoms with van der Waals surface area (Å²) in [7, 11) is 1.96. The van der Waals surface area contributed by atoms with Gasteiger partial charge in [-0.15, -0.1) is 10.2 Å². The van der Waals surface area contributed by atoms with Gasteiger partial charge in [0.1, 0.15) is 12.4 Å². The lowest BCUT2D eigenvalue weighted by Gasteiger charge is -2.09. The number of halogens is 1. The molecule has 0 spiro atoms. The van der Waals surface area contributed by atoms with Crippen LogP contribution in [0.15, 0.2) is 47.6 Å². The molecule has 0 saturated heterocycles. The second kappa shape index (κ2) is 7.93. The van der Waals surface area contributed by atoms with E-state index in [2.05, 4.69) is 23.2 Å². The quantitative estimate of drug-likeness (QED) is 0.573. The minimum Gasteiger partial charge on any atom is -0.485 e. The maximum absolute atomic E-state index is 5.92. The van der Waals surface area contributed by atoms with Crippen molar-refractivity contribution in [1.29, 1.82) is 0 Å². The summed E-state index contributed by atoms with van der Waals surface area (Å²) in [5, 5.41) is 10.1. The van der Waals surface area contributed by atoms with Crippen LogP contribution < -0.4 is 4.74 Å². The van der Waals surface area contributed by atoms with E-state index >= 15 is 0 Å². The zero-order valence-corrected chi connectivity index (χ0v) is 16.1. The molecule has 0 N–H and O–H groups in total. The Kier molecular flexibility index (Phi) is 5.66. The van der Waals surface area contributed by atoms with E-state index in [9.17, 15) is 0 Å². The molecule has 3 rings (SSSR count). The summed E-state index contributed by atoms with van der Waals surface area (Å²) in [5.74, 6) is 2.50. The van der Waals surface area contributed by atoms with Gasteiger partial charge in [0, 0.05) is 17.8 Å². The Morgan fingerprint density at radius 1 is 1.08 bits per heavy atom. The normalized spacial score (nSPS) is 10.9. The Morgan fingerprint density at radius 2 is 1.84 bits per heavy atom. The predicted molar refractivity (Wildman–Crippen MR) is 102 cm³/mol. The van der Waals surface area contributed by atoms with Gasteiger partial charge in [-0.2, -0.15) is 0 Å². The average molecular weight is 374 g/mol. The molecule has 6 heteroatoms. The van der Waals surface area contributed by atoms with Crippen molar-refractivity contribution in [1.82, 2.24) is 14.8 Å². The monoisotopic (exact) mass is 373 g/mol. The molecule has 0 saturated carbocycles. The highest BCUT2D eigenvalue weighted by atomic mass is 35.5. The minimum absolute atomic E-state index is 0.398. The third-order valence-corrected chi connectivity index (χ3v) is 5.24. The van der Waals surface area contributed by atoms with Crippen molar-refractivity contribution >= 4 is 23.4 Å². The van der Waals surface area contributed by atoms with Crippen LogP contribution in [-0.4, -0.2) is 14.8 Å². The number of hydrogen-bond donors (Lipinski definition) is 0. The van der Waals surface area contributed by atoms with Crippen molar-refractivity contribution in [2.75, 3.05) is 0 Å². The van der Waals surface area contributed by atoms with Crippen molar-refractivity contribution in [3.63, 3.8) is 0 Å². The first-order valence-electron chi connectivity index (χ1n) is 7.98. The van der Waals surface area contributed by atoms with Gasteiger partial charge < -0.3 is 9.30 Å². The molecule has 0 atom stereocenters. The highest BCUT2D eigenvalue weighted by molar-refractivity contribution is 7.98. The first kappa shape index (κ1) is 17.8. The standard InChI is InChI=1S/C19H20ClN3OS/c1-13-4-9-17(14(2)10-13)24-11-18-21-22-19(23(18)3)25-12-15-5-7-16(20)8-6-15/h4-10H,11-12H2,1-3H3. The van der Waals surface area contributed by atoms with Crippen LogP contribution in [0.2, 0.25) is 5.02 Å². The fraction of sp³-hybridized carbons (Fsp3) is 0.263. The number of thioether (sulfide) groups is 1. The molecule has 0 amide bonds. The Hall–Kier alpha value is -1.98. The second-order valence-corrected chi connectivity index (χ2v) is 7.31. The lowest BCUT2D eigenvalue weighted by Crippen LogP contribution is -2.05. The van der Waals surface area contributed by atoms with E-state index in [0.29, 0.717) is 6.61 Å². The lowest BCUT2D eigenvalue weighted by atomic mass is 10.1. The van der Waals surface area contributed by atoms with Gasteiger partial charge in [0.05, 0.1) is 0 Å². The molecule has 0 aliphatic rings. The van der Waals surface area contributed by atoms with Crippen LogP contribution in [0.5, 0.6) is 5.75 Å². The number of hydrogen-bond acceptors (Lipinski definition) is 4. The SMILES string of the molecule is Cc1ccc(OCc2nnc(SCc3ccc(Cl)cc3)n2C)c(C)c1. The molecule has 1 heterocycles. The molecule has 2 aromatic carbocycles. The Balaban J connectivity index is 1.61. The molecular weight excluding hydrogens is 354 g/mol. The number of aryl methyl sites for hydroxylation is 2. The maximum Gasteiger partial charge on any atom is 0.191 e. The van der Waals surface area contributed by atoms with E-state index < -0.39 is 0 Å². The van der Waals surface area contributed by atoms with E-state index in [1.807, 2.05) is 54.9 Å². The first-order valence-corrected chi connectivity index (χ1v) is 9.35. The lowest BCUT2D eigenvalue weighted by molar-refractivity contribution is 0.288. The van der Waals surface area contributed by atoms with Gasteiger partial charge in [-0.1, -0.05) is 53.2 Å². The summed E-state index contributed by atoms with van der Waals surface area (Å²) >= 11 is 7.56. The largest absolute Gasteiger partial charge is 0.485 e. The minimum atomic E-state index is 0.398. The van der Waals surface area contributed by atoms with Crippen LogP contribution in [0.3, 0.4) is 0 Å². The first-order chi connectivity index (χ1) is 12.0. The third-order valence-electron chi connectivity index (χ3n) is 3.89.